The van der Waals surface area contributed by atoms with Gasteiger partial charge in [0.1, 0.15) is 0 Å². The monoisotopic (exact) mass is 248 g/mol. The van der Waals surface area contributed by atoms with Gasteiger partial charge < -0.3 is 15.3 Å². The van der Waals surface area contributed by atoms with Crippen LogP contribution in [0.3, 0.4) is 0 Å². The van der Waals surface area contributed by atoms with Crippen LogP contribution in [-0.4, -0.2) is 44.5 Å². The molecule has 0 heterocycles. The Bertz CT molecular complexity index is 236. The number of aliphatic carboxylic acids is 1. The minimum absolute atomic E-state index is 0.110. The summed E-state index contributed by atoms with van der Waals surface area (Å²) >= 11 is 1.54. The lowest BCUT2D eigenvalue weighted by molar-refractivity contribution is -0.144. The van der Waals surface area contributed by atoms with Gasteiger partial charge >= 0.3 is 5.97 Å². The van der Waals surface area contributed by atoms with E-state index in [-0.39, 0.29) is 17.8 Å². The van der Waals surface area contributed by atoms with E-state index < -0.39 is 11.6 Å². The molecule has 3 N–H and O–H groups in total. The van der Waals surface area contributed by atoms with Gasteiger partial charge in [0.25, 0.3) is 0 Å². The summed E-state index contributed by atoms with van der Waals surface area (Å²) in [6.45, 7) is 2.02. The zero-order valence-corrected chi connectivity index (χ0v) is 10.4. The van der Waals surface area contributed by atoms with E-state index in [1.165, 1.54) is 0 Å². The molecule has 1 unspecified atom stereocenters. The molecule has 5 heteroatoms. The standard InChI is InChI=1S/C11H20O4S/c1-8(6-12)16-7-11(15)4-2-9(3-5-11)10(13)14/h8-9,12,15H,2-7H2,1H3,(H,13,14). The van der Waals surface area contributed by atoms with Crippen molar-refractivity contribution in [3.05, 3.63) is 0 Å². The normalized spacial score (nSPS) is 32.3. The van der Waals surface area contributed by atoms with Crippen molar-refractivity contribution < 1.29 is 20.1 Å². The fourth-order valence-electron chi connectivity index (χ4n) is 1.90. The lowest BCUT2D eigenvalue weighted by Gasteiger charge is -2.34. The summed E-state index contributed by atoms with van der Waals surface area (Å²) in [5.74, 6) is -0.458. The molecule has 0 bridgehead atoms. The summed E-state index contributed by atoms with van der Waals surface area (Å²) < 4.78 is 0. The first kappa shape index (κ1) is 13.8. The van der Waals surface area contributed by atoms with Crippen LogP contribution in [0.5, 0.6) is 0 Å². The maximum Gasteiger partial charge on any atom is 0.306 e. The van der Waals surface area contributed by atoms with Crippen molar-refractivity contribution in [2.45, 2.75) is 43.5 Å². The second kappa shape index (κ2) is 5.89. The van der Waals surface area contributed by atoms with Gasteiger partial charge in [-0.1, -0.05) is 6.92 Å². The maximum atomic E-state index is 10.8. The highest BCUT2D eigenvalue weighted by molar-refractivity contribution is 7.99. The van der Waals surface area contributed by atoms with Crippen molar-refractivity contribution in [1.29, 1.82) is 0 Å². The molecule has 4 nitrogen and oxygen atoms in total. The summed E-state index contributed by atoms with van der Waals surface area (Å²) in [5.41, 5.74) is -0.736. The molecule has 16 heavy (non-hydrogen) atoms. The molecule has 1 aliphatic rings. The van der Waals surface area contributed by atoms with E-state index in [4.69, 9.17) is 10.2 Å². The SMILES string of the molecule is CC(CO)SCC1(O)CCC(C(=O)O)CC1. The molecule has 94 valence electrons. The van der Waals surface area contributed by atoms with Gasteiger partial charge in [-0.25, -0.2) is 0 Å². The molecule has 1 atom stereocenters. The third-order valence-electron chi connectivity index (χ3n) is 3.16. The molecule has 0 radical (unpaired) electrons. The molecule has 0 amide bonds. The lowest BCUT2D eigenvalue weighted by Crippen LogP contribution is -2.38. The maximum absolute atomic E-state index is 10.8. The molecule has 0 aliphatic heterocycles. The van der Waals surface area contributed by atoms with Crippen molar-refractivity contribution in [3.63, 3.8) is 0 Å². The van der Waals surface area contributed by atoms with Crippen molar-refractivity contribution in [2.24, 2.45) is 5.92 Å². The van der Waals surface area contributed by atoms with Crippen LogP contribution in [0, 0.1) is 5.92 Å². The van der Waals surface area contributed by atoms with Crippen LogP contribution in [-0.2, 0) is 4.79 Å². The molecular formula is C11H20O4S. The van der Waals surface area contributed by atoms with E-state index in [2.05, 4.69) is 0 Å². The fraction of sp³-hybridized carbons (Fsp3) is 0.909. The largest absolute Gasteiger partial charge is 0.481 e. The summed E-state index contributed by atoms with van der Waals surface area (Å²) in [7, 11) is 0. The summed E-state index contributed by atoms with van der Waals surface area (Å²) in [6.07, 6.45) is 2.21. The number of carbonyl (C=O) groups is 1. The third-order valence-corrected chi connectivity index (χ3v) is 4.58. The Morgan fingerprint density at radius 1 is 1.50 bits per heavy atom. The lowest BCUT2D eigenvalue weighted by atomic mass is 9.80. The summed E-state index contributed by atoms with van der Waals surface area (Å²) in [5, 5.41) is 28.1. The molecule has 0 spiro atoms. The highest BCUT2D eigenvalue weighted by Gasteiger charge is 2.35. The van der Waals surface area contributed by atoms with Crippen LogP contribution in [0.1, 0.15) is 32.6 Å². The summed E-state index contributed by atoms with van der Waals surface area (Å²) in [4.78, 5) is 10.8. The minimum atomic E-state index is -0.751. The third kappa shape index (κ3) is 3.96. The Morgan fingerprint density at radius 2 is 2.06 bits per heavy atom. The topological polar surface area (TPSA) is 77.8 Å². The zero-order chi connectivity index (χ0) is 12.2. The Balaban J connectivity index is 2.35. The molecule has 0 aromatic heterocycles. The van der Waals surface area contributed by atoms with Crippen molar-refractivity contribution >= 4 is 17.7 Å². The van der Waals surface area contributed by atoms with E-state index in [9.17, 15) is 9.90 Å². The number of aliphatic hydroxyl groups excluding tert-OH is 1. The Kier molecular flexibility index (Phi) is 5.08. The highest BCUT2D eigenvalue weighted by atomic mass is 32.2. The molecule has 0 aromatic rings. The number of aliphatic hydroxyl groups is 2. The van der Waals surface area contributed by atoms with E-state index >= 15 is 0 Å². The van der Waals surface area contributed by atoms with Crippen LogP contribution in [0.2, 0.25) is 0 Å². The van der Waals surface area contributed by atoms with Crippen LogP contribution in [0.25, 0.3) is 0 Å². The van der Waals surface area contributed by atoms with E-state index in [0.29, 0.717) is 31.4 Å². The molecular weight excluding hydrogens is 228 g/mol. The quantitative estimate of drug-likeness (QED) is 0.679. The second-order valence-electron chi connectivity index (χ2n) is 4.64. The van der Waals surface area contributed by atoms with Gasteiger partial charge in [0, 0.05) is 11.0 Å². The van der Waals surface area contributed by atoms with Gasteiger partial charge in [0.15, 0.2) is 0 Å². The fourth-order valence-corrected chi connectivity index (χ4v) is 2.89. The smallest absolute Gasteiger partial charge is 0.306 e. The van der Waals surface area contributed by atoms with Crippen LogP contribution < -0.4 is 0 Å². The minimum Gasteiger partial charge on any atom is -0.481 e. The average molecular weight is 248 g/mol. The molecule has 1 aliphatic carbocycles. The first-order chi connectivity index (χ1) is 7.47. The predicted octanol–water partition coefficient (Wildman–Crippen LogP) is 1.11. The van der Waals surface area contributed by atoms with E-state index in [1.54, 1.807) is 11.8 Å². The first-order valence-corrected chi connectivity index (χ1v) is 6.69. The van der Waals surface area contributed by atoms with Crippen molar-refractivity contribution in [2.75, 3.05) is 12.4 Å². The molecule has 1 rings (SSSR count). The Hall–Kier alpha value is -0.260. The molecule has 1 saturated carbocycles. The Morgan fingerprint density at radius 3 is 2.50 bits per heavy atom. The van der Waals surface area contributed by atoms with Crippen molar-refractivity contribution in [1.82, 2.24) is 0 Å². The van der Waals surface area contributed by atoms with Crippen LogP contribution >= 0.6 is 11.8 Å². The van der Waals surface area contributed by atoms with Crippen LogP contribution in [0.4, 0.5) is 0 Å². The van der Waals surface area contributed by atoms with E-state index in [1.807, 2.05) is 6.92 Å². The van der Waals surface area contributed by atoms with Gasteiger partial charge in [-0.15, -0.1) is 0 Å². The van der Waals surface area contributed by atoms with Gasteiger partial charge in [-0.3, -0.25) is 4.79 Å². The highest BCUT2D eigenvalue weighted by Crippen LogP contribution is 2.35. The molecule has 0 aromatic carbocycles. The van der Waals surface area contributed by atoms with Gasteiger partial charge in [-0.05, 0) is 25.7 Å². The van der Waals surface area contributed by atoms with Crippen LogP contribution in [0.15, 0.2) is 0 Å². The van der Waals surface area contributed by atoms with Gasteiger partial charge in [0.2, 0.25) is 0 Å². The number of hydrogen-bond acceptors (Lipinski definition) is 4. The number of carboxylic acid groups (broad SMARTS) is 1. The van der Waals surface area contributed by atoms with Crippen molar-refractivity contribution in [3.8, 4) is 0 Å². The summed E-state index contributed by atoms with van der Waals surface area (Å²) in [6, 6.07) is 0. The number of rotatable bonds is 5. The predicted molar refractivity (Wildman–Crippen MR) is 63.5 cm³/mol. The average Bonchev–Trinajstić information content (AvgIpc) is 2.26. The zero-order valence-electron chi connectivity index (χ0n) is 9.56. The second-order valence-corrected chi connectivity index (χ2v) is 6.07. The number of thioether (sulfide) groups is 1. The first-order valence-electron chi connectivity index (χ1n) is 5.64. The van der Waals surface area contributed by atoms with Gasteiger partial charge in [-0.2, -0.15) is 11.8 Å². The number of hydrogen-bond donors (Lipinski definition) is 3. The molecule has 1 fully saturated rings. The molecule has 0 saturated heterocycles. The Labute approximate surface area is 100 Å². The van der Waals surface area contributed by atoms with Gasteiger partial charge in [0.05, 0.1) is 18.1 Å². The number of carboxylic acids is 1. The van der Waals surface area contributed by atoms with E-state index in [0.717, 1.165) is 0 Å².